The van der Waals surface area contributed by atoms with E-state index in [1.54, 1.807) is 25.3 Å². The lowest BCUT2D eigenvalue weighted by Crippen LogP contribution is -2.12. The van der Waals surface area contributed by atoms with Gasteiger partial charge in [-0.1, -0.05) is 6.07 Å². The summed E-state index contributed by atoms with van der Waals surface area (Å²) in [5, 5.41) is 9.42. The summed E-state index contributed by atoms with van der Waals surface area (Å²) in [6.45, 7) is -0.0796. The average Bonchev–Trinajstić information content (AvgIpc) is 2.27. The number of rotatable bonds is 5. The number of aliphatic hydroxyl groups is 1. The number of nitrogens with zero attached hydrogens (tertiary/aromatic N) is 1. The van der Waals surface area contributed by atoms with Gasteiger partial charge < -0.3 is 14.7 Å². The van der Waals surface area contributed by atoms with Crippen molar-refractivity contribution in [3.63, 3.8) is 0 Å². The molecule has 4 heteroatoms. The fourth-order valence-corrected chi connectivity index (χ4v) is 1.56. The van der Waals surface area contributed by atoms with Crippen molar-refractivity contribution in [1.82, 2.24) is 4.90 Å². The van der Waals surface area contributed by atoms with Gasteiger partial charge in [0.1, 0.15) is 18.5 Å². The van der Waals surface area contributed by atoms with Gasteiger partial charge in [-0.05, 0) is 31.8 Å². The summed E-state index contributed by atoms with van der Waals surface area (Å²) in [5.74, 6) is 0.753. The zero-order valence-corrected chi connectivity index (χ0v) is 9.90. The number of methoxy groups -OCH3 is 1. The van der Waals surface area contributed by atoms with E-state index in [-0.39, 0.29) is 0 Å². The Labute approximate surface area is 95.5 Å². The molecule has 0 heterocycles. The third kappa shape index (κ3) is 3.18. The maximum Gasteiger partial charge on any atom is 0.123 e. The summed E-state index contributed by atoms with van der Waals surface area (Å²) in [6.07, 6.45) is -1.05. The molecule has 1 atom stereocenters. The van der Waals surface area contributed by atoms with Crippen molar-refractivity contribution in [3.05, 3.63) is 29.3 Å². The Kier molecular flexibility index (Phi) is 4.71. The summed E-state index contributed by atoms with van der Waals surface area (Å²) in [7, 11) is 5.48. The summed E-state index contributed by atoms with van der Waals surface area (Å²) in [5.41, 5.74) is 1.53. The minimum absolute atomic E-state index is 0.583. The summed E-state index contributed by atoms with van der Waals surface area (Å²) in [4.78, 5) is 1.99. The molecular weight excluding hydrogens is 209 g/mol. The van der Waals surface area contributed by atoms with Crippen LogP contribution in [0.3, 0.4) is 0 Å². The van der Waals surface area contributed by atoms with Crippen molar-refractivity contribution in [2.45, 2.75) is 12.6 Å². The predicted octanol–water partition coefficient (Wildman–Crippen LogP) is 1.76. The predicted molar refractivity (Wildman–Crippen MR) is 61.3 cm³/mol. The van der Waals surface area contributed by atoms with Gasteiger partial charge in [-0.2, -0.15) is 0 Å². The van der Waals surface area contributed by atoms with Crippen LogP contribution in [0.1, 0.15) is 17.2 Å². The quantitative estimate of drug-likeness (QED) is 0.832. The molecule has 0 fully saturated rings. The van der Waals surface area contributed by atoms with Crippen LogP contribution in [0.5, 0.6) is 5.75 Å². The third-order valence-corrected chi connectivity index (χ3v) is 2.32. The molecule has 0 radical (unpaired) electrons. The number of alkyl halides is 1. The van der Waals surface area contributed by atoms with Gasteiger partial charge in [-0.25, -0.2) is 4.39 Å². The number of hydrogen-bond donors (Lipinski definition) is 1. The van der Waals surface area contributed by atoms with Crippen LogP contribution in [0, 0.1) is 0 Å². The largest absolute Gasteiger partial charge is 0.496 e. The molecule has 0 saturated carbocycles. The highest BCUT2D eigenvalue weighted by atomic mass is 19.1. The molecule has 0 saturated heterocycles. The molecule has 90 valence electrons. The standard InChI is InChI=1S/C12H18FNO2/c1-14(2)8-10-6-9(11(15)7-13)4-5-12(10)16-3/h4-6,11,15H,7-8H2,1-3H3. The van der Waals surface area contributed by atoms with Gasteiger partial charge in [-0.3, -0.25) is 0 Å². The second kappa shape index (κ2) is 5.82. The van der Waals surface area contributed by atoms with Gasteiger partial charge >= 0.3 is 0 Å². The van der Waals surface area contributed by atoms with Crippen LogP contribution in [0.2, 0.25) is 0 Å². The normalized spacial score (nSPS) is 12.9. The van der Waals surface area contributed by atoms with Crippen LogP contribution in [-0.2, 0) is 6.54 Å². The van der Waals surface area contributed by atoms with Crippen LogP contribution < -0.4 is 4.74 Å². The van der Waals surface area contributed by atoms with Crippen molar-refractivity contribution in [1.29, 1.82) is 0 Å². The average molecular weight is 227 g/mol. The van der Waals surface area contributed by atoms with E-state index in [0.29, 0.717) is 12.1 Å². The first kappa shape index (κ1) is 12.9. The molecule has 1 unspecified atom stereocenters. The summed E-state index contributed by atoms with van der Waals surface area (Å²) >= 11 is 0. The van der Waals surface area contributed by atoms with E-state index in [0.717, 1.165) is 11.3 Å². The number of halogens is 1. The first-order valence-electron chi connectivity index (χ1n) is 5.14. The molecule has 3 nitrogen and oxygen atoms in total. The topological polar surface area (TPSA) is 32.7 Å². The second-order valence-corrected chi connectivity index (χ2v) is 3.98. The molecule has 0 amide bonds. The SMILES string of the molecule is COc1ccc(C(O)CF)cc1CN(C)C. The lowest BCUT2D eigenvalue weighted by atomic mass is 10.1. The summed E-state index contributed by atoms with van der Waals surface area (Å²) in [6, 6.07) is 5.22. The Hall–Kier alpha value is -1.13. The number of benzene rings is 1. The zero-order valence-electron chi connectivity index (χ0n) is 9.90. The highest BCUT2D eigenvalue weighted by molar-refractivity contribution is 5.38. The van der Waals surface area contributed by atoms with Gasteiger partial charge in [0.25, 0.3) is 0 Å². The van der Waals surface area contributed by atoms with Crippen molar-refractivity contribution in [2.24, 2.45) is 0 Å². The van der Waals surface area contributed by atoms with E-state index >= 15 is 0 Å². The van der Waals surface area contributed by atoms with Gasteiger partial charge in [0, 0.05) is 12.1 Å². The van der Waals surface area contributed by atoms with Crippen molar-refractivity contribution < 1.29 is 14.2 Å². The van der Waals surface area contributed by atoms with Crippen LogP contribution in [0.15, 0.2) is 18.2 Å². The van der Waals surface area contributed by atoms with Gasteiger partial charge in [0.15, 0.2) is 0 Å². The smallest absolute Gasteiger partial charge is 0.123 e. The Balaban J connectivity index is 3.00. The lowest BCUT2D eigenvalue weighted by molar-refractivity contribution is 0.141. The molecule has 1 aromatic rings. The first-order valence-corrected chi connectivity index (χ1v) is 5.14. The molecule has 0 aliphatic rings. The molecule has 1 rings (SSSR count). The maximum absolute atomic E-state index is 12.4. The third-order valence-electron chi connectivity index (χ3n) is 2.32. The Bertz CT molecular complexity index is 342. The molecule has 0 aliphatic carbocycles. The molecular formula is C12H18FNO2. The molecule has 0 aromatic heterocycles. The van der Waals surface area contributed by atoms with Crippen LogP contribution in [0.25, 0.3) is 0 Å². The van der Waals surface area contributed by atoms with E-state index in [4.69, 9.17) is 4.74 Å². The fourth-order valence-electron chi connectivity index (χ4n) is 1.56. The van der Waals surface area contributed by atoms with Crippen LogP contribution in [0.4, 0.5) is 4.39 Å². The molecule has 0 spiro atoms. The molecule has 0 aliphatic heterocycles. The number of aliphatic hydroxyl groups excluding tert-OH is 1. The molecule has 0 bridgehead atoms. The fraction of sp³-hybridized carbons (Fsp3) is 0.500. The molecule has 16 heavy (non-hydrogen) atoms. The highest BCUT2D eigenvalue weighted by Crippen LogP contribution is 2.24. The van der Waals surface area contributed by atoms with E-state index in [1.807, 2.05) is 19.0 Å². The Morgan fingerprint density at radius 1 is 1.44 bits per heavy atom. The van der Waals surface area contributed by atoms with Gasteiger partial charge in [0.05, 0.1) is 7.11 Å². The second-order valence-electron chi connectivity index (χ2n) is 3.98. The van der Waals surface area contributed by atoms with Gasteiger partial charge in [0.2, 0.25) is 0 Å². The summed E-state index contributed by atoms with van der Waals surface area (Å²) < 4.78 is 17.6. The van der Waals surface area contributed by atoms with E-state index in [9.17, 15) is 9.50 Å². The Morgan fingerprint density at radius 2 is 2.12 bits per heavy atom. The van der Waals surface area contributed by atoms with E-state index in [2.05, 4.69) is 0 Å². The minimum atomic E-state index is -1.05. The highest BCUT2D eigenvalue weighted by Gasteiger charge is 2.11. The van der Waals surface area contributed by atoms with Gasteiger partial charge in [-0.15, -0.1) is 0 Å². The zero-order chi connectivity index (χ0) is 12.1. The van der Waals surface area contributed by atoms with Crippen molar-refractivity contribution >= 4 is 0 Å². The Morgan fingerprint density at radius 3 is 2.62 bits per heavy atom. The van der Waals surface area contributed by atoms with Crippen molar-refractivity contribution in [3.8, 4) is 5.75 Å². The number of hydrogen-bond acceptors (Lipinski definition) is 3. The first-order chi connectivity index (χ1) is 7.58. The maximum atomic E-state index is 12.4. The van der Waals surface area contributed by atoms with Crippen LogP contribution in [-0.4, -0.2) is 37.9 Å². The van der Waals surface area contributed by atoms with Crippen molar-refractivity contribution in [2.75, 3.05) is 27.9 Å². The van der Waals surface area contributed by atoms with Crippen LogP contribution >= 0.6 is 0 Å². The number of ether oxygens (including phenoxy) is 1. The van der Waals surface area contributed by atoms with E-state index < -0.39 is 12.8 Å². The minimum Gasteiger partial charge on any atom is -0.496 e. The monoisotopic (exact) mass is 227 g/mol. The van der Waals surface area contributed by atoms with E-state index in [1.165, 1.54) is 0 Å². The lowest BCUT2D eigenvalue weighted by Gasteiger charge is -2.16. The molecule has 1 aromatic carbocycles. The molecule has 1 N–H and O–H groups in total.